The van der Waals surface area contributed by atoms with E-state index in [4.69, 9.17) is 4.55 Å². The maximum Gasteiger partial charge on any atom is 0.295 e. The van der Waals surface area contributed by atoms with Crippen molar-refractivity contribution in [3.05, 3.63) is 35.9 Å². The summed E-state index contributed by atoms with van der Waals surface area (Å²) in [5.74, 6) is 0.600. The Balaban J connectivity index is 3.05. The van der Waals surface area contributed by atoms with Crippen molar-refractivity contribution >= 4 is 16.2 Å². The van der Waals surface area contributed by atoms with Crippen LogP contribution in [-0.4, -0.2) is 13.0 Å². The molecule has 17 heavy (non-hydrogen) atoms. The van der Waals surface area contributed by atoms with Crippen LogP contribution in [0.2, 0.25) is 0 Å². The van der Waals surface area contributed by atoms with Crippen LogP contribution in [0.25, 0.3) is 6.08 Å². The molecule has 1 aromatic rings. The van der Waals surface area contributed by atoms with Crippen molar-refractivity contribution in [3.63, 3.8) is 0 Å². The quantitative estimate of drug-likeness (QED) is 0.821. The minimum atomic E-state index is -4.16. The average Bonchev–Trinajstić information content (AvgIpc) is 2.24. The Labute approximate surface area is 103 Å². The van der Waals surface area contributed by atoms with Gasteiger partial charge < -0.3 is 0 Å². The van der Waals surface area contributed by atoms with Crippen molar-refractivity contribution in [2.24, 2.45) is 5.92 Å². The lowest BCUT2D eigenvalue weighted by molar-refractivity contribution is 0.483. The van der Waals surface area contributed by atoms with E-state index in [0.29, 0.717) is 11.5 Å². The SMILES string of the molecule is C=Cc1cc(CCC(C)C)ccc1S(=O)(=O)O. The zero-order valence-electron chi connectivity index (χ0n) is 10.2. The molecule has 1 N–H and O–H groups in total. The van der Waals surface area contributed by atoms with E-state index in [1.807, 2.05) is 0 Å². The van der Waals surface area contributed by atoms with Crippen LogP contribution in [0.3, 0.4) is 0 Å². The van der Waals surface area contributed by atoms with Gasteiger partial charge in [-0.3, -0.25) is 4.55 Å². The Kier molecular flexibility index (Phi) is 4.48. The van der Waals surface area contributed by atoms with Gasteiger partial charge in [-0.05, 0) is 36.0 Å². The van der Waals surface area contributed by atoms with E-state index in [9.17, 15) is 8.42 Å². The first-order valence-electron chi connectivity index (χ1n) is 5.57. The minimum Gasteiger partial charge on any atom is -0.282 e. The molecule has 0 aliphatic rings. The molecular formula is C13H18O3S. The van der Waals surface area contributed by atoms with Gasteiger partial charge in [-0.15, -0.1) is 0 Å². The highest BCUT2D eigenvalue weighted by molar-refractivity contribution is 7.85. The van der Waals surface area contributed by atoms with Crippen molar-refractivity contribution in [3.8, 4) is 0 Å². The fourth-order valence-electron chi connectivity index (χ4n) is 1.60. The molecule has 0 aliphatic carbocycles. The highest BCUT2D eigenvalue weighted by Crippen LogP contribution is 2.20. The Morgan fingerprint density at radius 1 is 1.41 bits per heavy atom. The van der Waals surface area contributed by atoms with E-state index in [-0.39, 0.29) is 4.90 Å². The van der Waals surface area contributed by atoms with Crippen LogP contribution in [0.1, 0.15) is 31.4 Å². The molecule has 0 spiro atoms. The maximum absolute atomic E-state index is 11.1. The van der Waals surface area contributed by atoms with E-state index >= 15 is 0 Å². The first-order valence-corrected chi connectivity index (χ1v) is 7.01. The van der Waals surface area contributed by atoms with Crippen molar-refractivity contribution in [1.82, 2.24) is 0 Å². The Bertz CT molecular complexity index is 501. The normalized spacial score (nSPS) is 11.8. The summed E-state index contributed by atoms with van der Waals surface area (Å²) in [7, 11) is -4.16. The third-order valence-electron chi connectivity index (χ3n) is 2.58. The summed E-state index contributed by atoms with van der Waals surface area (Å²) >= 11 is 0. The van der Waals surface area contributed by atoms with Gasteiger partial charge in [-0.1, -0.05) is 38.6 Å². The number of hydrogen-bond acceptors (Lipinski definition) is 2. The molecule has 0 unspecified atom stereocenters. The molecule has 94 valence electrons. The summed E-state index contributed by atoms with van der Waals surface area (Å²) in [6, 6.07) is 4.93. The van der Waals surface area contributed by atoms with Gasteiger partial charge in [-0.25, -0.2) is 0 Å². The molecule has 0 atom stereocenters. The number of hydrogen-bond donors (Lipinski definition) is 1. The van der Waals surface area contributed by atoms with E-state index in [0.717, 1.165) is 18.4 Å². The molecule has 0 saturated heterocycles. The van der Waals surface area contributed by atoms with Crippen LogP contribution in [-0.2, 0) is 16.5 Å². The maximum atomic E-state index is 11.1. The first-order chi connectivity index (χ1) is 7.84. The van der Waals surface area contributed by atoms with Gasteiger partial charge in [0.15, 0.2) is 0 Å². The molecule has 0 heterocycles. The molecule has 0 saturated carbocycles. The molecule has 0 radical (unpaired) electrons. The zero-order valence-corrected chi connectivity index (χ0v) is 11.0. The Hall–Kier alpha value is -1.13. The standard InChI is InChI=1S/C13H18O3S/c1-4-12-9-11(6-5-10(2)3)7-8-13(12)17(14,15)16/h4,7-10H,1,5-6H2,2-3H3,(H,14,15,16). The van der Waals surface area contributed by atoms with Gasteiger partial charge in [0.05, 0.1) is 0 Å². The molecule has 0 amide bonds. The summed E-state index contributed by atoms with van der Waals surface area (Å²) in [6.45, 7) is 7.85. The molecule has 0 fully saturated rings. The smallest absolute Gasteiger partial charge is 0.282 e. The van der Waals surface area contributed by atoms with Crippen LogP contribution < -0.4 is 0 Å². The van der Waals surface area contributed by atoms with Crippen LogP contribution in [0.4, 0.5) is 0 Å². The van der Waals surface area contributed by atoms with E-state index in [1.165, 1.54) is 12.1 Å². The summed E-state index contributed by atoms with van der Waals surface area (Å²) in [4.78, 5) is -0.0826. The summed E-state index contributed by atoms with van der Waals surface area (Å²) in [6.07, 6.45) is 3.38. The fourth-order valence-corrected chi connectivity index (χ4v) is 2.28. The van der Waals surface area contributed by atoms with Gasteiger partial charge >= 0.3 is 0 Å². The largest absolute Gasteiger partial charge is 0.295 e. The van der Waals surface area contributed by atoms with E-state index in [2.05, 4.69) is 20.4 Å². The van der Waals surface area contributed by atoms with Crippen LogP contribution >= 0.6 is 0 Å². The molecule has 1 aromatic carbocycles. The highest BCUT2D eigenvalue weighted by atomic mass is 32.2. The minimum absolute atomic E-state index is 0.0826. The summed E-state index contributed by atoms with van der Waals surface area (Å²) < 4.78 is 31.2. The lowest BCUT2D eigenvalue weighted by Gasteiger charge is -2.08. The average molecular weight is 254 g/mol. The Morgan fingerprint density at radius 2 is 2.06 bits per heavy atom. The summed E-state index contributed by atoms with van der Waals surface area (Å²) in [5.41, 5.74) is 1.51. The van der Waals surface area contributed by atoms with Crippen molar-refractivity contribution in [2.75, 3.05) is 0 Å². The lowest BCUT2D eigenvalue weighted by atomic mass is 10.0. The van der Waals surface area contributed by atoms with Crippen molar-refractivity contribution in [2.45, 2.75) is 31.6 Å². The second-order valence-electron chi connectivity index (χ2n) is 4.48. The second kappa shape index (κ2) is 5.47. The van der Waals surface area contributed by atoms with Crippen LogP contribution in [0.5, 0.6) is 0 Å². The van der Waals surface area contributed by atoms with Crippen molar-refractivity contribution in [1.29, 1.82) is 0 Å². The fraction of sp³-hybridized carbons (Fsp3) is 0.385. The number of benzene rings is 1. The highest BCUT2D eigenvalue weighted by Gasteiger charge is 2.13. The predicted octanol–water partition coefficient (Wildman–Crippen LogP) is 3.16. The van der Waals surface area contributed by atoms with Gasteiger partial charge in [0.25, 0.3) is 10.1 Å². The molecule has 0 aromatic heterocycles. The second-order valence-corrected chi connectivity index (χ2v) is 5.87. The van der Waals surface area contributed by atoms with E-state index in [1.54, 1.807) is 12.1 Å². The lowest BCUT2D eigenvalue weighted by Crippen LogP contribution is -2.02. The molecule has 3 nitrogen and oxygen atoms in total. The topological polar surface area (TPSA) is 54.4 Å². The third kappa shape index (κ3) is 3.98. The first kappa shape index (κ1) is 13.9. The summed E-state index contributed by atoms with van der Waals surface area (Å²) in [5, 5.41) is 0. The number of rotatable bonds is 5. The zero-order chi connectivity index (χ0) is 13.1. The van der Waals surface area contributed by atoms with Crippen LogP contribution in [0, 0.1) is 5.92 Å². The molecular weight excluding hydrogens is 236 g/mol. The molecule has 0 bridgehead atoms. The molecule has 0 aliphatic heterocycles. The van der Waals surface area contributed by atoms with Gasteiger partial charge in [0.1, 0.15) is 4.90 Å². The van der Waals surface area contributed by atoms with Gasteiger partial charge in [0, 0.05) is 0 Å². The predicted molar refractivity (Wildman–Crippen MR) is 69.5 cm³/mol. The Morgan fingerprint density at radius 3 is 2.53 bits per heavy atom. The molecule has 1 rings (SSSR count). The van der Waals surface area contributed by atoms with Crippen LogP contribution in [0.15, 0.2) is 29.7 Å². The van der Waals surface area contributed by atoms with Gasteiger partial charge in [-0.2, -0.15) is 8.42 Å². The monoisotopic (exact) mass is 254 g/mol. The molecule has 4 heteroatoms. The van der Waals surface area contributed by atoms with Gasteiger partial charge in [0.2, 0.25) is 0 Å². The third-order valence-corrected chi connectivity index (χ3v) is 3.51. The van der Waals surface area contributed by atoms with Crippen molar-refractivity contribution < 1.29 is 13.0 Å². The number of aryl methyl sites for hydroxylation is 1. The van der Waals surface area contributed by atoms with E-state index < -0.39 is 10.1 Å².